The first-order valence-corrected chi connectivity index (χ1v) is 8.02. The molecule has 1 N–H and O–H groups in total. The van der Waals surface area contributed by atoms with Crippen LogP contribution in [0.4, 0.5) is 0 Å². The van der Waals surface area contributed by atoms with Gasteiger partial charge in [-0.15, -0.1) is 10.2 Å². The van der Waals surface area contributed by atoms with Crippen LogP contribution in [0.2, 0.25) is 0 Å². The number of benzene rings is 1. The van der Waals surface area contributed by atoms with Crippen molar-refractivity contribution in [2.24, 2.45) is 7.05 Å². The van der Waals surface area contributed by atoms with Gasteiger partial charge >= 0.3 is 0 Å². The molecule has 2 atom stereocenters. The summed E-state index contributed by atoms with van der Waals surface area (Å²) in [7, 11) is 2.01. The Hall–Kier alpha value is -1.72. The number of piperidine rings is 1. The number of rotatable bonds is 4. The van der Waals surface area contributed by atoms with Gasteiger partial charge in [0.1, 0.15) is 5.82 Å². The van der Waals surface area contributed by atoms with E-state index in [4.69, 9.17) is 0 Å². The molecule has 2 unspecified atom stereocenters. The van der Waals surface area contributed by atoms with Crippen LogP contribution in [-0.4, -0.2) is 43.5 Å². The fraction of sp³-hybridized carbons (Fsp3) is 0.529. The maximum absolute atomic E-state index is 9.99. The van der Waals surface area contributed by atoms with Crippen molar-refractivity contribution in [3.05, 3.63) is 36.2 Å². The van der Waals surface area contributed by atoms with E-state index in [1.54, 1.807) is 0 Å². The minimum Gasteiger partial charge on any atom is -0.392 e. The zero-order valence-corrected chi connectivity index (χ0v) is 13.3. The molecule has 1 saturated heterocycles. The number of likely N-dealkylation sites (tertiary alicyclic amines) is 1. The van der Waals surface area contributed by atoms with Crippen LogP contribution in [0.3, 0.4) is 0 Å². The van der Waals surface area contributed by atoms with Gasteiger partial charge in [0.15, 0.2) is 5.82 Å². The van der Waals surface area contributed by atoms with Crippen LogP contribution in [-0.2, 0) is 13.6 Å². The summed E-state index contributed by atoms with van der Waals surface area (Å²) in [5.41, 5.74) is 1.08. The second kappa shape index (κ2) is 6.58. The maximum Gasteiger partial charge on any atom is 0.163 e. The van der Waals surface area contributed by atoms with Crippen LogP contribution in [0.15, 0.2) is 30.3 Å². The van der Waals surface area contributed by atoms with Gasteiger partial charge in [-0.1, -0.05) is 36.8 Å². The van der Waals surface area contributed by atoms with Crippen molar-refractivity contribution < 1.29 is 5.11 Å². The van der Waals surface area contributed by atoms with Crippen LogP contribution >= 0.6 is 0 Å². The summed E-state index contributed by atoms with van der Waals surface area (Å²) in [4.78, 5) is 2.34. The molecule has 5 nitrogen and oxygen atoms in total. The molecule has 0 radical (unpaired) electrons. The van der Waals surface area contributed by atoms with Crippen molar-refractivity contribution in [3.63, 3.8) is 0 Å². The van der Waals surface area contributed by atoms with E-state index < -0.39 is 0 Å². The SMILES string of the molecule is CC(O)C1CCCCN1Cc1nnc(-c2ccccc2)n1C. The first-order chi connectivity index (χ1) is 10.7. The maximum atomic E-state index is 9.99. The zero-order chi connectivity index (χ0) is 15.5. The lowest BCUT2D eigenvalue weighted by Gasteiger charge is -2.37. The molecule has 0 spiro atoms. The van der Waals surface area contributed by atoms with Crippen LogP contribution < -0.4 is 0 Å². The molecule has 1 aromatic heterocycles. The van der Waals surface area contributed by atoms with Crippen molar-refractivity contribution in [1.29, 1.82) is 0 Å². The fourth-order valence-electron chi connectivity index (χ4n) is 3.28. The van der Waals surface area contributed by atoms with E-state index in [1.165, 1.54) is 12.8 Å². The highest BCUT2D eigenvalue weighted by Gasteiger charge is 2.27. The van der Waals surface area contributed by atoms with E-state index in [2.05, 4.69) is 19.7 Å². The van der Waals surface area contributed by atoms with Crippen LogP contribution in [0.25, 0.3) is 11.4 Å². The normalized spacial score (nSPS) is 21.0. The van der Waals surface area contributed by atoms with Gasteiger partial charge in [0.2, 0.25) is 0 Å². The van der Waals surface area contributed by atoms with E-state index in [0.717, 1.165) is 36.7 Å². The Labute approximate surface area is 131 Å². The Kier molecular flexibility index (Phi) is 4.55. The molecular formula is C17H24N4O. The summed E-state index contributed by atoms with van der Waals surface area (Å²) < 4.78 is 2.06. The molecule has 1 aliphatic heterocycles. The van der Waals surface area contributed by atoms with Gasteiger partial charge in [0, 0.05) is 18.7 Å². The van der Waals surface area contributed by atoms with Gasteiger partial charge in [-0.25, -0.2) is 0 Å². The van der Waals surface area contributed by atoms with Crippen molar-refractivity contribution in [2.75, 3.05) is 6.54 Å². The molecule has 1 fully saturated rings. The molecule has 1 aromatic carbocycles. The summed E-state index contributed by atoms with van der Waals surface area (Å²) in [6.07, 6.45) is 3.13. The highest BCUT2D eigenvalue weighted by atomic mass is 16.3. The molecule has 0 saturated carbocycles. The van der Waals surface area contributed by atoms with Gasteiger partial charge in [0.05, 0.1) is 12.6 Å². The third kappa shape index (κ3) is 3.05. The summed E-state index contributed by atoms with van der Waals surface area (Å²) in [6.45, 7) is 3.64. The van der Waals surface area contributed by atoms with Gasteiger partial charge < -0.3 is 9.67 Å². The molecule has 0 bridgehead atoms. The lowest BCUT2D eigenvalue weighted by Crippen LogP contribution is -2.45. The molecule has 118 valence electrons. The summed E-state index contributed by atoms with van der Waals surface area (Å²) >= 11 is 0. The molecule has 22 heavy (non-hydrogen) atoms. The predicted molar refractivity (Wildman–Crippen MR) is 86.2 cm³/mol. The standard InChI is InChI=1S/C17H24N4O/c1-13(22)15-10-6-7-11-21(15)12-16-18-19-17(20(16)2)14-8-4-3-5-9-14/h3-5,8-9,13,15,22H,6-7,10-12H2,1-2H3. The highest BCUT2D eigenvalue weighted by molar-refractivity contribution is 5.54. The van der Waals surface area contributed by atoms with Gasteiger partial charge in [-0.05, 0) is 26.3 Å². The first-order valence-electron chi connectivity index (χ1n) is 8.02. The van der Waals surface area contributed by atoms with E-state index in [1.807, 2.05) is 44.3 Å². The molecule has 0 amide bonds. The zero-order valence-electron chi connectivity index (χ0n) is 13.3. The Morgan fingerprint density at radius 1 is 1.23 bits per heavy atom. The molecule has 0 aliphatic carbocycles. The van der Waals surface area contributed by atoms with E-state index in [0.29, 0.717) is 0 Å². The van der Waals surface area contributed by atoms with E-state index >= 15 is 0 Å². The third-order valence-electron chi connectivity index (χ3n) is 4.56. The minimum absolute atomic E-state index is 0.227. The average Bonchev–Trinajstić information content (AvgIpc) is 2.89. The van der Waals surface area contributed by atoms with Crippen LogP contribution in [0.1, 0.15) is 32.0 Å². The lowest BCUT2D eigenvalue weighted by atomic mass is 9.98. The smallest absolute Gasteiger partial charge is 0.163 e. The molecule has 5 heteroatoms. The van der Waals surface area contributed by atoms with Crippen molar-refractivity contribution in [2.45, 2.75) is 44.9 Å². The van der Waals surface area contributed by atoms with Gasteiger partial charge in [0.25, 0.3) is 0 Å². The molecule has 2 aromatic rings. The second-order valence-electron chi connectivity index (χ2n) is 6.14. The average molecular weight is 300 g/mol. The van der Waals surface area contributed by atoms with Crippen LogP contribution in [0, 0.1) is 0 Å². The number of aliphatic hydroxyl groups excluding tert-OH is 1. The predicted octanol–water partition coefficient (Wildman–Crippen LogP) is 2.22. The van der Waals surface area contributed by atoms with Gasteiger partial charge in [-0.3, -0.25) is 4.90 Å². The van der Waals surface area contributed by atoms with Gasteiger partial charge in [-0.2, -0.15) is 0 Å². The quantitative estimate of drug-likeness (QED) is 0.940. The third-order valence-corrected chi connectivity index (χ3v) is 4.56. The summed E-state index contributed by atoms with van der Waals surface area (Å²) in [5.74, 6) is 1.84. The minimum atomic E-state index is -0.304. The Bertz CT molecular complexity index is 608. The lowest BCUT2D eigenvalue weighted by molar-refractivity contribution is 0.0297. The monoisotopic (exact) mass is 300 g/mol. The topological polar surface area (TPSA) is 54.2 Å². The summed E-state index contributed by atoms with van der Waals surface area (Å²) in [5, 5.41) is 18.7. The molecule has 3 rings (SSSR count). The Morgan fingerprint density at radius 3 is 2.73 bits per heavy atom. The number of hydrogen-bond acceptors (Lipinski definition) is 4. The Balaban J connectivity index is 1.80. The van der Waals surface area contributed by atoms with Crippen molar-refractivity contribution in [1.82, 2.24) is 19.7 Å². The molecule has 2 heterocycles. The first kappa shape index (κ1) is 15.2. The summed E-state index contributed by atoms with van der Waals surface area (Å²) in [6, 6.07) is 10.4. The number of nitrogens with zero attached hydrogens (tertiary/aromatic N) is 4. The molecular weight excluding hydrogens is 276 g/mol. The fourth-order valence-corrected chi connectivity index (χ4v) is 3.28. The van der Waals surface area contributed by atoms with Crippen molar-refractivity contribution in [3.8, 4) is 11.4 Å². The van der Waals surface area contributed by atoms with E-state index in [-0.39, 0.29) is 12.1 Å². The largest absolute Gasteiger partial charge is 0.392 e. The molecule has 1 aliphatic rings. The number of aliphatic hydroxyl groups is 1. The van der Waals surface area contributed by atoms with Crippen LogP contribution in [0.5, 0.6) is 0 Å². The number of hydrogen-bond donors (Lipinski definition) is 1. The number of aromatic nitrogens is 3. The highest BCUT2D eigenvalue weighted by Crippen LogP contribution is 2.23. The Morgan fingerprint density at radius 2 is 2.00 bits per heavy atom. The van der Waals surface area contributed by atoms with Crippen molar-refractivity contribution >= 4 is 0 Å². The second-order valence-corrected chi connectivity index (χ2v) is 6.14. The van der Waals surface area contributed by atoms with E-state index in [9.17, 15) is 5.11 Å².